The van der Waals surface area contributed by atoms with Crippen molar-refractivity contribution in [3.05, 3.63) is 101 Å². The smallest absolute Gasteiger partial charge is 0.0691 e. The standard InChI is InChI=1S/C27H27N/c1-19(20-9-5-4-6-10-20)21-13-14-23-18-27(16-15-22(23)17-21)26(2,3)24-11-7-8-12-25(24)28-27/h4-5,7-9,11-17,28H,1,6,10,18H2,2-3H3. The van der Waals surface area contributed by atoms with Crippen LogP contribution in [0.1, 0.15) is 48.9 Å². The first-order valence-corrected chi connectivity index (χ1v) is 10.3. The molecule has 1 heteroatoms. The van der Waals surface area contributed by atoms with E-state index < -0.39 is 0 Å². The maximum Gasteiger partial charge on any atom is 0.0691 e. The van der Waals surface area contributed by atoms with Gasteiger partial charge in [-0.15, -0.1) is 0 Å². The molecule has 2 aromatic carbocycles. The maximum absolute atomic E-state index is 4.38. The van der Waals surface area contributed by atoms with E-state index in [2.05, 4.69) is 98.6 Å². The lowest BCUT2D eigenvalue weighted by Crippen LogP contribution is -2.50. The highest BCUT2D eigenvalue weighted by Gasteiger charge is 2.51. The van der Waals surface area contributed by atoms with Gasteiger partial charge >= 0.3 is 0 Å². The largest absolute Gasteiger partial charge is 0.375 e. The van der Waals surface area contributed by atoms with Crippen molar-refractivity contribution < 1.29 is 0 Å². The Bertz CT molecular complexity index is 1060. The van der Waals surface area contributed by atoms with Crippen LogP contribution in [0.3, 0.4) is 0 Å². The van der Waals surface area contributed by atoms with Crippen molar-refractivity contribution in [3.63, 3.8) is 0 Å². The molecule has 28 heavy (non-hydrogen) atoms. The van der Waals surface area contributed by atoms with Gasteiger partial charge in [0.2, 0.25) is 0 Å². The molecule has 1 nitrogen and oxygen atoms in total. The third-order valence-electron chi connectivity index (χ3n) is 6.99. The van der Waals surface area contributed by atoms with Crippen molar-refractivity contribution in [2.24, 2.45) is 0 Å². The first-order chi connectivity index (χ1) is 13.5. The highest BCUT2D eigenvalue weighted by Crippen LogP contribution is 2.51. The fourth-order valence-corrected chi connectivity index (χ4v) is 5.02. The molecule has 0 fully saturated rings. The zero-order valence-electron chi connectivity index (χ0n) is 16.8. The van der Waals surface area contributed by atoms with Gasteiger partial charge in [-0.1, -0.05) is 81.1 Å². The van der Waals surface area contributed by atoms with Crippen molar-refractivity contribution in [2.45, 2.75) is 44.1 Å². The second kappa shape index (κ2) is 6.10. The lowest BCUT2D eigenvalue weighted by atomic mass is 9.65. The van der Waals surface area contributed by atoms with Crippen molar-refractivity contribution in [1.29, 1.82) is 0 Å². The monoisotopic (exact) mass is 365 g/mol. The Morgan fingerprint density at radius 2 is 1.96 bits per heavy atom. The molecule has 0 amide bonds. The van der Waals surface area contributed by atoms with Gasteiger partial charge < -0.3 is 5.32 Å². The predicted octanol–water partition coefficient (Wildman–Crippen LogP) is 6.69. The summed E-state index contributed by atoms with van der Waals surface area (Å²) in [4.78, 5) is 0. The average Bonchev–Trinajstić information content (AvgIpc) is 2.94. The minimum atomic E-state index is -0.0705. The summed E-state index contributed by atoms with van der Waals surface area (Å²) >= 11 is 0. The predicted molar refractivity (Wildman–Crippen MR) is 120 cm³/mol. The van der Waals surface area contributed by atoms with E-state index in [1.165, 1.54) is 33.5 Å². The SMILES string of the molecule is C=C(C1=CC=CCC1)c1ccc2c(c1)C=CC1(C2)Nc2ccccc2C1(C)C. The molecule has 1 heterocycles. The number of para-hydroxylation sites is 1. The summed E-state index contributed by atoms with van der Waals surface area (Å²) in [6.45, 7) is 9.10. The highest BCUT2D eigenvalue weighted by molar-refractivity contribution is 5.80. The molecular weight excluding hydrogens is 338 g/mol. The zero-order chi connectivity index (χ0) is 19.4. The second-order valence-electron chi connectivity index (χ2n) is 8.83. The molecule has 0 radical (unpaired) electrons. The Hall–Kier alpha value is -2.80. The van der Waals surface area contributed by atoms with Crippen LogP contribution in [0.15, 0.2) is 78.9 Å². The van der Waals surface area contributed by atoms with Gasteiger partial charge in [-0.3, -0.25) is 0 Å². The van der Waals surface area contributed by atoms with Crippen LogP contribution in [-0.4, -0.2) is 5.54 Å². The van der Waals surface area contributed by atoms with Gasteiger partial charge in [0.25, 0.3) is 0 Å². The minimum Gasteiger partial charge on any atom is -0.375 e. The number of nitrogens with one attached hydrogen (secondary N) is 1. The lowest BCUT2D eigenvalue weighted by molar-refractivity contribution is 0.365. The summed E-state index contributed by atoms with van der Waals surface area (Å²) in [7, 11) is 0. The van der Waals surface area contributed by atoms with E-state index in [0.717, 1.165) is 24.8 Å². The third kappa shape index (κ3) is 2.46. The molecule has 0 bridgehead atoms. The number of hydrogen-bond acceptors (Lipinski definition) is 1. The summed E-state index contributed by atoms with van der Waals surface area (Å²) in [5.74, 6) is 0. The molecule has 0 saturated carbocycles. The van der Waals surface area contributed by atoms with Crippen LogP contribution in [0.25, 0.3) is 11.6 Å². The van der Waals surface area contributed by atoms with Crippen LogP contribution >= 0.6 is 0 Å². The van der Waals surface area contributed by atoms with Gasteiger partial charge in [0.05, 0.1) is 5.54 Å². The number of allylic oxidation sites excluding steroid dienone is 5. The zero-order valence-corrected chi connectivity index (χ0v) is 16.8. The maximum atomic E-state index is 4.38. The molecule has 140 valence electrons. The van der Waals surface area contributed by atoms with Gasteiger partial charge in [-0.25, -0.2) is 0 Å². The van der Waals surface area contributed by atoms with E-state index in [4.69, 9.17) is 0 Å². The van der Waals surface area contributed by atoms with Crippen LogP contribution in [0, 0.1) is 0 Å². The summed E-state index contributed by atoms with van der Waals surface area (Å²) in [5, 5.41) is 3.85. The van der Waals surface area contributed by atoms with Gasteiger partial charge in [0.1, 0.15) is 0 Å². The summed E-state index contributed by atoms with van der Waals surface area (Å²) < 4.78 is 0. The molecule has 1 spiro atoms. The van der Waals surface area contributed by atoms with Crippen molar-refractivity contribution in [1.82, 2.24) is 0 Å². The van der Waals surface area contributed by atoms with E-state index in [1.807, 2.05) is 0 Å². The first kappa shape index (κ1) is 17.3. The fraction of sp³-hybridized carbons (Fsp3) is 0.259. The fourth-order valence-electron chi connectivity index (χ4n) is 5.02. The molecule has 1 atom stereocenters. The Morgan fingerprint density at radius 3 is 2.75 bits per heavy atom. The average molecular weight is 366 g/mol. The number of hydrogen-bond donors (Lipinski definition) is 1. The topological polar surface area (TPSA) is 12.0 Å². The Kier molecular flexibility index (Phi) is 3.77. The number of benzene rings is 2. The molecule has 2 aromatic rings. The van der Waals surface area contributed by atoms with E-state index >= 15 is 0 Å². The normalized spacial score (nSPS) is 23.7. The molecule has 1 unspecified atom stereocenters. The third-order valence-corrected chi connectivity index (χ3v) is 6.99. The second-order valence-corrected chi connectivity index (χ2v) is 8.83. The summed E-state index contributed by atoms with van der Waals surface area (Å²) in [6.07, 6.45) is 14.5. The van der Waals surface area contributed by atoms with Gasteiger partial charge in [-0.05, 0) is 58.4 Å². The molecule has 0 saturated heterocycles. The lowest BCUT2D eigenvalue weighted by Gasteiger charge is -2.42. The van der Waals surface area contributed by atoms with E-state index in [0.29, 0.717) is 0 Å². The van der Waals surface area contributed by atoms with Crippen molar-refractivity contribution >= 4 is 17.3 Å². The Balaban J connectivity index is 1.49. The molecule has 5 rings (SSSR count). The van der Waals surface area contributed by atoms with Crippen LogP contribution in [0.5, 0.6) is 0 Å². The van der Waals surface area contributed by atoms with E-state index in [-0.39, 0.29) is 11.0 Å². The first-order valence-electron chi connectivity index (χ1n) is 10.3. The Morgan fingerprint density at radius 1 is 1.11 bits per heavy atom. The summed E-state index contributed by atoms with van der Waals surface area (Å²) in [6, 6.07) is 15.6. The molecule has 1 N–H and O–H groups in total. The van der Waals surface area contributed by atoms with Crippen LogP contribution in [0.2, 0.25) is 0 Å². The van der Waals surface area contributed by atoms with Crippen molar-refractivity contribution in [3.8, 4) is 0 Å². The number of rotatable bonds is 2. The molecular formula is C27H27N. The molecule has 3 aliphatic rings. The van der Waals surface area contributed by atoms with Crippen LogP contribution in [0.4, 0.5) is 5.69 Å². The van der Waals surface area contributed by atoms with Crippen LogP contribution < -0.4 is 5.32 Å². The number of fused-ring (bicyclic) bond motifs is 2. The van der Waals surface area contributed by atoms with Gasteiger partial charge in [0.15, 0.2) is 0 Å². The molecule has 2 aliphatic carbocycles. The highest BCUT2D eigenvalue weighted by atomic mass is 15.0. The van der Waals surface area contributed by atoms with E-state index in [1.54, 1.807) is 0 Å². The van der Waals surface area contributed by atoms with Crippen LogP contribution in [-0.2, 0) is 11.8 Å². The van der Waals surface area contributed by atoms with Gasteiger partial charge in [-0.2, -0.15) is 0 Å². The Labute approximate surface area is 168 Å². The van der Waals surface area contributed by atoms with E-state index in [9.17, 15) is 0 Å². The quantitative estimate of drug-likeness (QED) is 0.625. The summed E-state index contributed by atoms with van der Waals surface area (Å²) in [5.41, 5.74) is 9.13. The number of anilines is 1. The van der Waals surface area contributed by atoms with Gasteiger partial charge in [0, 0.05) is 17.5 Å². The minimum absolute atomic E-state index is 0.0410. The molecule has 0 aromatic heterocycles. The van der Waals surface area contributed by atoms with Crippen molar-refractivity contribution in [2.75, 3.05) is 5.32 Å². The molecule has 1 aliphatic heterocycles.